The number of hydrogen-bond acceptors (Lipinski definition) is 4. The molecule has 1 unspecified atom stereocenters. The van der Waals surface area contributed by atoms with Crippen LogP contribution < -0.4 is 11.1 Å². The van der Waals surface area contributed by atoms with Crippen molar-refractivity contribution in [3.8, 4) is 16.9 Å². The predicted octanol–water partition coefficient (Wildman–Crippen LogP) is 1.99. The third kappa shape index (κ3) is 5.08. The van der Waals surface area contributed by atoms with E-state index in [0.717, 1.165) is 30.5 Å². The van der Waals surface area contributed by atoms with Crippen molar-refractivity contribution in [1.29, 1.82) is 0 Å². The Morgan fingerprint density at radius 1 is 1.15 bits per heavy atom. The van der Waals surface area contributed by atoms with Gasteiger partial charge in [-0.3, -0.25) is 9.59 Å². The lowest BCUT2D eigenvalue weighted by Crippen LogP contribution is -2.44. The van der Waals surface area contributed by atoms with E-state index in [1.54, 1.807) is 18.2 Å². The minimum absolute atomic E-state index is 0.0866. The average molecular weight is 367 g/mol. The fourth-order valence-corrected chi connectivity index (χ4v) is 3.41. The molecule has 0 saturated carbocycles. The maximum absolute atomic E-state index is 12.5. The van der Waals surface area contributed by atoms with Gasteiger partial charge < -0.3 is 21.1 Å². The highest BCUT2D eigenvalue weighted by molar-refractivity contribution is 5.95. The second-order valence-electron chi connectivity index (χ2n) is 6.93. The highest BCUT2D eigenvalue weighted by atomic mass is 16.3. The molecule has 142 valence electrons. The van der Waals surface area contributed by atoms with Gasteiger partial charge in [-0.1, -0.05) is 24.3 Å². The van der Waals surface area contributed by atoms with Crippen molar-refractivity contribution in [2.75, 3.05) is 26.2 Å². The number of nitrogens with two attached hydrogens (primary N) is 1. The molecule has 0 bridgehead atoms. The first-order valence-corrected chi connectivity index (χ1v) is 9.22. The molecule has 1 aliphatic heterocycles. The first kappa shape index (κ1) is 18.9. The summed E-state index contributed by atoms with van der Waals surface area (Å²) in [6.45, 7) is 2.82. The first-order chi connectivity index (χ1) is 13.0. The van der Waals surface area contributed by atoms with Gasteiger partial charge in [0.2, 0.25) is 5.91 Å². The van der Waals surface area contributed by atoms with Gasteiger partial charge in [0.25, 0.3) is 5.91 Å². The number of rotatable bonds is 6. The number of hydrogen-bond donors (Lipinski definition) is 3. The zero-order valence-electron chi connectivity index (χ0n) is 15.2. The zero-order chi connectivity index (χ0) is 19.2. The van der Waals surface area contributed by atoms with Crippen molar-refractivity contribution in [1.82, 2.24) is 10.2 Å². The number of likely N-dealkylation sites (tertiary alicyclic amines) is 1. The summed E-state index contributed by atoms with van der Waals surface area (Å²) in [7, 11) is 0. The van der Waals surface area contributed by atoms with E-state index >= 15 is 0 Å². The summed E-state index contributed by atoms with van der Waals surface area (Å²) in [5.41, 5.74) is 7.85. The number of primary amides is 1. The van der Waals surface area contributed by atoms with Crippen molar-refractivity contribution in [3.63, 3.8) is 0 Å². The fourth-order valence-electron chi connectivity index (χ4n) is 3.41. The zero-order valence-corrected chi connectivity index (χ0v) is 15.2. The van der Waals surface area contributed by atoms with E-state index in [1.807, 2.05) is 30.3 Å². The van der Waals surface area contributed by atoms with E-state index in [0.29, 0.717) is 25.2 Å². The molecule has 1 aliphatic rings. The van der Waals surface area contributed by atoms with Gasteiger partial charge in [-0.05, 0) is 54.8 Å². The largest absolute Gasteiger partial charge is 0.508 e. The molecule has 0 spiro atoms. The Hall–Kier alpha value is -2.86. The van der Waals surface area contributed by atoms with Gasteiger partial charge in [-0.25, -0.2) is 0 Å². The maximum Gasteiger partial charge on any atom is 0.251 e. The quantitative estimate of drug-likeness (QED) is 0.727. The molecule has 6 heteroatoms. The second-order valence-corrected chi connectivity index (χ2v) is 6.93. The predicted molar refractivity (Wildman–Crippen MR) is 104 cm³/mol. The van der Waals surface area contributed by atoms with Crippen molar-refractivity contribution < 1.29 is 14.7 Å². The van der Waals surface area contributed by atoms with Crippen LogP contribution in [0.4, 0.5) is 0 Å². The third-order valence-electron chi connectivity index (χ3n) is 4.95. The highest BCUT2D eigenvalue weighted by Gasteiger charge is 2.23. The number of piperidine rings is 1. The van der Waals surface area contributed by atoms with Crippen LogP contribution in [0.25, 0.3) is 11.1 Å². The van der Waals surface area contributed by atoms with Crippen LogP contribution in [-0.2, 0) is 4.79 Å². The Kier molecular flexibility index (Phi) is 6.08. The summed E-state index contributed by atoms with van der Waals surface area (Å²) in [5, 5.41) is 12.3. The Bertz CT molecular complexity index is 805. The van der Waals surface area contributed by atoms with E-state index in [-0.39, 0.29) is 23.5 Å². The SMILES string of the molecule is NC(=O)C1CCCN(CCNC(=O)c2cccc(-c3ccc(O)cc3)c2)C1. The number of amides is 2. The lowest BCUT2D eigenvalue weighted by atomic mass is 9.97. The second kappa shape index (κ2) is 8.68. The van der Waals surface area contributed by atoms with E-state index in [9.17, 15) is 14.7 Å². The smallest absolute Gasteiger partial charge is 0.251 e. The van der Waals surface area contributed by atoms with Crippen LogP contribution in [0.2, 0.25) is 0 Å². The van der Waals surface area contributed by atoms with E-state index in [4.69, 9.17) is 5.73 Å². The molecule has 4 N–H and O–H groups in total. The fraction of sp³-hybridized carbons (Fsp3) is 0.333. The molecule has 0 aliphatic carbocycles. The number of nitrogens with one attached hydrogen (secondary N) is 1. The number of benzene rings is 2. The van der Waals surface area contributed by atoms with Crippen molar-refractivity contribution in [3.05, 3.63) is 54.1 Å². The number of carbonyl (C=O) groups excluding carboxylic acids is 2. The van der Waals surface area contributed by atoms with Gasteiger partial charge in [0.1, 0.15) is 5.75 Å². The lowest BCUT2D eigenvalue weighted by Gasteiger charge is -2.31. The summed E-state index contributed by atoms with van der Waals surface area (Å²) in [6.07, 6.45) is 1.80. The molecule has 1 heterocycles. The van der Waals surface area contributed by atoms with E-state index < -0.39 is 0 Å². The molecule has 0 aromatic heterocycles. The summed E-state index contributed by atoms with van der Waals surface area (Å²) in [4.78, 5) is 26.0. The summed E-state index contributed by atoms with van der Waals surface area (Å²) in [6, 6.07) is 14.3. The monoisotopic (exact) mass is 367 g/mol. The van der Waals surface area contributed by atoms with Crippen molar-refractivity contribution in [2.24, 2.45) is 11.7 Å². The highest BCUT2D eigenvalue weighted by Crippen LogP contribution is 2.22. The van der Waals surface area contributed by atoms with Crippen LogP contribution in [0.3, 0.4) is 0 Å². The topological polar surface area (TPSA) is 95.7 Å². The molecule has 1 saturated heterocycles. The normalized spacial score (nSPS) is 17.4. The van der Waals surface area contributed by atoms with Gasteiger partial charge in [0, 0.05) is 25.2 Å². The van der Waals surface area contributed by atoms with Gasteiger partial charge in [0.05, 0.1) is 5.92 Å². The Labute approximate surface area is 159 Å². The lowest BCUT2D eigenvalue weighted by molar-refractivity contribution is -0.123. The van der Waals surface area contributed by atoms with E-state index in [2.05, 4.69) is 10.2 Å². The number of nitrogens with zero attached hydrogens (tertiary/aromatic N) is 1. The van der Waals surface area contributed by atoms with Crippen molar-refractivity contribution >= 4 is 11.8 Å². The first-order valence-electron chi connectivity index (χ1n) is 9.22. The molecule has 27 heavy (non-hydrogen) atoms. The molecule has 1 fully saturated rings. The average Bonchev–Trinajstić information content (AvgIpc) is 2.69. The minimum Gasteiger partial charge on any atom is -0.508 e. The van der Waals surface area contributed by atoms with Crippen LogP contribution >= 0.6 is 0 Å². The van der Waals surface area contributed by atoms with Crippen molar-refractivity contribution in [2.45, 2.75) is 12.8 Å². The number of carbonyl (C=O) groups is 2. The maximum atomic E-state index is 12.5. The summed E-state index contributed by atoms with van der Waals surface area (Å²) < 4.78 is 0. The molecule has 3 rings (SSSR count). The number of aromatic hydroxyl groups is 1. The van der Waals surface area contributed by atoms with Crippen LogP contribution in [0.1, 0.15) is 23.2 Å². The Morgan fingerprint density at radius 3 is 2.67 bits per heavy atom. The number of phenolic OH excluding ortho intramolecular Hbond substituents is 1. The minimum atomic E-state index is -0.241. The molecule has 0 radical (unpaired) electrons. The molecule has 1 atom stereocenters. The standard InChI is InChI=1S/C21H25N3O3/c22-20(26)18-5-2-11-24(14-18)12-10-23-21(27)17-4-1-3-16(13-17)15-6-8-19(25)9-7-15/h1,3-4,6-9,13,18,25H,2,5,10-12,14H2,(H2,22,26)(H,23,27). The molecule has 2 amide bonds. The van der Waals surface area contributed by atoms with Gasteiger partial charge >= 0.3 is 0 Å². The van der Waals surface area contributed by atoms with Crippen LogP contribution in [0.5, 0.6) is 5.75 Å². The molecule has 2 aromatic carbocycles. The molecule has 2 aromatic rings. The van der Waals surface area contributed by atoms with Crippen LogP contribution in [0, 0.1) is 5.92 Å². The number of phenols is 1. The molecular weight excluding hydrogens is 342 g/mol. The van der Waals surface area contributed by atoms with Gasteiger partial charge in [0.15, 0.2) is 0 Å². The van der Waals surface area contributed by atoms with E-state index in [1.165, 1.54) is 0 Å². The van der Waals surface area contributed by atoms with Crippen LogP contribution in [-0.4, -0.2) is 48.0 Å². The summed E-state index contributed by atoms with van der Waals surface area (Å²) in [5.74, 6) is -0.241. The third-order valence-corrected chi connectivity index (χ3v) is 4.95. The van der Waals surface area contributed by atoms with Gasteiger partial charge in [-0.2, -0.15) is 0 Å². The molecule has 6 nitrogen and oxygen atoms in total. The van der Waals surface area contributed by atoms with Crippen LogP contribution in [0.15, 0.2) is 48.5 Å². The Balaban J connectivity index is 1.54. The molecular formula is C21H25N3O3. The van der Waals surface area contributed by atoms with Gasteiger partial charge in [-0.15, -0.1) is 0 Å². The Morgan fingerprint density at radius 2 is 1.93 bits per heavy atom. The summed E-state index contributed by atoms with van der Waals surface area (Å²) >= 11 is 0.